The zero-order chi connectivity index (χ0) is 15.7. The summed E-state index contributed by atoms with van der Waals surface area (Å²) >= 11 is 0. The van der Waals surface area contributed by atoms with Crippen LogP contribution in [0, 0.1) is 0 Å². The molecule has 22 heavy (non-hydrogen) atoms. The van der Waals surface area contributed by atoms with Crippen LogP contribution in [0.2, 0.25) is 0 Å². The molecule has 0 aromatic heterocycles. The van der Waals surface area contributed by atoms with Crippen molar-refractivity contribution in [2.24, 2.45) is 0 Å². The Labute approximate surface area is 130 Å². The second kappa shape index (κ2) is 5.72. The van der Waals surface area contributed by atoms with Crippen LogP contribution in [-0.4, -0.2) is 59.0 Å². The van der Waals surface area contributed by atoms with Crippen molar-refractivity contribution >= 4 is 11.9 Å². The van der Waals surface area contributed by atoms with Gasteiger partial charge in [0.25, 0.3) is 0 Å². The summed E-state index contributed by atoms with van der Waals surface area (Å²) in [6.07, 6.45) is 2.55. The van der Waals surface area contributed by atoms with Crippen molar-refractivity contribution < 1.29 is 14.7 Å². The molecule has 2 aliphatic heterocycles. The number of carboxylic acids is 1. The summed E-state index contributed by atoms with van der Waals surface area (Å²) < 4.78 is 0. The minimum atomic E-state index is -0.783. The molecule has 2 heterocycles. The SMILES string of the molecule is CN1C(=O)[C@@H](c2ccccc2)CC12CCN(CC(=O)O)CC2. The third-order valence-electron chi connectivity index (χ3n) is 5.27. The zero-order valence-electron chi connectivity index (χ0n) is 12.9. The van der Waals surface area contributed by atoms with Crippen molar-refractivity contribution in [3.63, 3.8) is 0 Å². The molecule has 0 saturated carbocycles. The van der Waals surface area contributed by atoms with E-state index in [1.165, 1.54) is 0 Å². The minimum absolute atomic E-state index is 0.0581. The first kappa shape index (κ1) is 15.0. The summed E-state index contributed by atoms with van der Waals surface area (Å²) in [5, 5.41) is 8.90. The summed E-state index contributed by atoms with van der Waals surface area (Å²) in [5.41, 5.74) is 0.983. The number of benzene rings is 1. The van der Waals surface area contributed by atoms with Crippen LogP contribution < -0.4 is 0 Å². The second-order valence-electron chi connectivity index (χ2n) is 6.46. The van der Waals surface area contributed by atoms with Crippen molar-refractivity contribution in [1.29, 1.82) is 0 Å². The predicted molar refractivity (Wildman–Crippen MR) is 82.6 cm³/mol. The molecule has 0 bridgehead atoms. The molecule has 1 N–H and O–H groups in total. The number of carbonyl (C=O) groups excluding carboxylic acids is 1. The Morgan fingerprint density at radius 3 is 2.50 bits per heavy atom. The zero-order valence-corrected chi connectivity index (χ0v) is 12.9. The van der Waals surface area contributed by atoms with Gasteiger partial charge in [0.15, 0.2) is 0 Å². The van der Waals surface area contributed by atoms with Gasteiger partial charge < -0.3 is 10.0 Å². The number of carbonyl (C=O) groups is 2. The molecule has 1 atom stereocenters. The quantitative estimate of drug-likeness (QED) is 0.920. The first-order valence-electron chi connectivity index (χ1n) is 7.79. The Balaban J connectivity index is 1.73. The van der Waals surface area contributed by atoms with E-state index < -0.39 is 5.97 Å². The minimum Gasteiger partial charge on any atom is -0.480 e. The number of likely N-dealkylation sites (N-methyl/N-ethyl adjacent to an activating group) is 1. The fraction of sp³-hybridized carbons (Fsp3) is 0.529. The van der Waals surface area contributed by atoms with Crippen LogP contribution >= 0.6 is 0 Å². The lowest BCUT2D eigenvalue weighted by molar-refractivity contribution is -0.140. The predicted octanol–water partition coefficient (Wildman–Crippen LogP) is 1.55. The first-order valence-corrected chi connectivity index (χ1v) is 7.79. The van der Waals surface area contributed by atoms with Gasteiger partial charge in [0.1, 0.15) is 0 Å². The van der Waals surface area contributed by atoms with Gasteiger partial charge in [-0.2, -0.15) is 0 Å². The fourth-order valence-corrected chi connectivity index (χ4v) is 3.88. The average molecular weight is 302 g/mol. The van der Waals surface area contributed by atoms with E-state index in [1.807, 2.05) is 47.2 Å². The Kier molecular flexibility index (Phi) is 3.91. The van der Waals surface area contributed by atoms with Crippen LogP contribution in [0.5, 0.6) is 0 Å². The molecule has 0 aliphatic carbocycles. The Morgan fingerprint density at radius 2 is 1.91 bits per heavy atom. The van der Waals surface area contributed by atoms with E-state index in [0.29, 0.717) is 0 Å². The smallest absolute Gasteiger partial charge is 0.317 e. The standard InChI is InChI=1S/C17H22N2O3/c1-18-16(22)14(13-5-3-2-4-6-13)11-17(18)7-9-19(10-8-17)12-15(20)21/h2-6,14H,7-12H2,1H3,(H,20,21)/t14-/m1/s1. The number of hydrogen-bond donors (Lipinski definition) is 1. The summed E-state index contributed by atoms with van der Waals surface area (Å²) in [6.45, 7) is 1.58. The number of nitrogens with zero attached hydrogens (tertiary/aromatic N) is 2. The molecule has 1 spiro atoms. The van der Waals surface area contributed by atoms with Gasteiger partial charge in [0, 0.05) is 25.7 Å². The van der Waals surface area contributed by atoms with E-state index in [1.54, 1.807) is 0 Å². The topological polar surface area (TPSA) is 60.9 Å². The van der Waals surface area contributed by atoms with Crippen molar-refractivity contribution in [1.82, 2.24) is 9.80 Å². The Hall–Kier alpha value is -1.88. The van der Waals surface area contributed by atoms with Crippen LogP contribution in [0.3, 0.4) is 0 Å². The van der Waals surface area contributed by atoms with Crippen LogP contribution in [0.1, 0.15) is 30.7 Å². The molecule has 2 saturated heterocycles. The molecule has 1 aromatic rings. The highest BCUT2D eigenvalue weighted by atomic mass is 16.4. The highest BCUT2D eigenvalue weighted by molar-refractivity contribution is 5.87. The Morgan fingerprint density at radius 1 is 1.27 bits per heavy atom. The van der Waals surface area contributed by atoms with Gasteiger partial charge >= 0.3 is 5.97 Å². The van der Waals surface area contributed by atoms with E-state index in [2.05, 4.69) is 0 Å². The molecule has 5 heteroatoms. The lowest BCUT2D eigenvalue weighted by Gasteiger charge is -2.43. The number of rotatable bonds is 3. The average Bonchev–Trinajstić information content (AvgIpc) is 2.76. The van der Waals surface area contributed by atoms with Gasteiger partial charge in [0.05, 0.1) is 12.5 Å². The van der Waals surface area contributed by atoms with Crippen molar-refractivity contribution in [2.45, 2.75) is 30.7 Å². The van der Waals surface area contributed by atoms with Gasteiger partial charge in [0.2, 0.25) is 5.91 Å². The van der Waals surface area contributed by atoms with Crippen LogP contribution in [0.25, 0.3) is 0 Å². The van der Waals surface area contributed by atoms with E-state index in [-0.39, 0.29) is 23.9 Å². The molecule has 1 aromatic carbocycles. The number of likely N-dealkylation sites (tertiary alicyclic amines) is 2. The lowest BCUT2D eigenvalue weighted by Crippen LogP contribution is -2.52. The summed E-state index contributed by atoms with van der Waals surface area (Å²) in [7, 11) is 1.90. The Bertz CT molecular complexity index is 565. The molecular weight excluding hydrogens is 280 g/mol. The largest absolute Gasteiger partial charge is 0.480 e. The molecular formula is C17H22N2O3. The van der Waals surface area contributed by atoms with E-state index in [0.717, 1.165) is 37.9 Å². The van der Waals surface area contributed by atoms with Crippen molar-refractivity contribution in [3.05, 3.63) is 35.9 Å². The summed E-state index contributed by atoms with van der Waals surface area (Å²) in [5.74, 6) is -0.649. The first-order chi connectivity index (χ1) is 10.5. The highest BCUT2D eigenvalue weighted by Crippen LogP contribution is 2.44. The van der Waals surface area contributed by atoms with Crippen molar-refractivity contribution in [3.8, 4) is 0 Å². The second-order valence-corrected chi connectivity index (χ2v) is 6.46. The maximum Gasteiger partial charge on any atom is 0.317 e. The van der Waals surface area contributed by atoms with E-state index in [9.17, 15) is 9.59 Å². The molecule has 1 amide bonds. The molecule has 5 nitrogen and oxygen atoms in total. The van der Waals surface area contributed by atoms with Crippen LogP contribution in [0.15, 0.2) is 30.3 Å². The maximum absolute atomic E-state index is 12.7. The van der Waals surface area contributed by atoms with Crippen LogP contribution in [-0.2, 0) is 9.59 Å². The molecule has 2 aliphatic rings. The number of piperidine rings is 1. The number of amides is 1. The van der Waals surface area contributed by atoms with E-state index >= 15 is 0 Å². The van der Waals surface area contributed by atoms with Crippen LogP contribution in [0.4, 0.5) is 0 Å². The summed E-state index contributed by atoms with van der Waals surface area (Å²) in [4.78, 5) is 27.4. The summed E-state index contributed by atoms with van der Waals surface area (Å²) in [6, 6.07) is 9.96. The van der Waals surface area contributed by atoms with Gasteiger partial charge in [-0.05, 0) is 24.8 Å². The molecule has 118 valence electrons. The normalized spacial score (nSPS) is 24.9. The van der Waals surface area contributed by atoms with Gasteiger partial charge in [-0.15, -0.1) is 0 Å². The molecule has 0 unspecified atom stereocenters. The monoisotopic (exact) mass is 302 g/mol. The van der Waals surface area contributed by atoms with Crippen molar-refractivity contribution in [2.75, 3.05) is 26.7 Å². The fourth-order valence-electron chi connectivity index (χ4n) is 3.88. The number of aliphatic carboxylic acids is 1. The number of hydrogen-bond acceptors (Lipinski definition) is 3. The third-order valence-corrected chi connectivity index (χ3v) is 5.27. The number of carboxylic acid groups (broad SMARTS) is 1. The third kappa shape index (κ3) is 2.61. The maximum atomic E-state index is 12.7. The van der Waals surface area contributed by atoms with Gasteiger partial charge in [-0.1, -0.05) is 30.3 Å². The molecule has 3 rings (SSSR count). The molecule has 2 fully saturated rings. The van der Waals surface area contributed by atoms with Gasteiger partial charge in [-0.25, -0.2) is 0 Å². The van der Waals surface area contributed by atoms with E-state index in [4.69, 9.17) is 5.11 Å². The van der Waals surface area contributed by atoms with Gasteiger partial charge in [-0.3, -0.25) is 14.5 Å². The highest BCUT2D eigenvalue weighted by Gasteiger charge is 2.50. The molecule has 0 radical (unpaired) electrons. The lowest BCUT2D eigenvalue weighted by atomic mass is 9.81.